The van der Waals surface area contributed by atoms with Gasteiger partial charge < -0.3 is 10.6 Å². The molecule has 0 spiro atoms. The summed E-state index contributed by atoms with van der Waals surface area (Å²) in [5, 5.41) is 6.18. The number of carbonyl (C=O) groups excluding carboxylic acids is 1. The first kappa shape index (κ1) is 15.5. The fourth-order valence-electron chi connectivity index (χ4n) is 2.40. The smallest absolute Gasteiger partial charge is 0.274 e. The van der Waals surface area contributed by atoms with E-state index in [9.17, 15) is 4.79 Å². The molecular formula is C18H22N4O. The van der Waals surface area contributed by atoms with E-state index in [4.69, 9.17) is 0 Å². The zero-order valence-electron chi connectivity index (χ0n) is 13.8. The van der Waals surface area contributed by atoms with Gasteiger partial charge in [0.25, 0.3) is 5.91 Å². The van der Waals surface area contributed by atoms with Gasteiger partial charge in [-0.2, -0.15) is 0 Å². The Kier molecular flexibility index (Phi) is 4.03. The van der Waals surface area contributed by atoms with Crippen LogP contribution in [-0.2, 0) is 5.41 Å². The molecule has 0 radical (unpaired) electrons. The van der Waals surface area contributed by atoms with Crippen LogP contribution in [0.2, 0.25) is 0 Å². The third-order valence-electron chi connectivity index (χ3n) is 3.78. The van der Waals surface area contributed by atoms with Crippen molar-refractivity contribution in [3.8, 4) is 0 Å². The molecule has 2 N–H and O–H groups in total. The summed E-state index contributed by atoms with van der Waals surface area (Å²) in [5.41, 5.74) is 2.24. The van der Waals surface area contributed by atoms with Gasteiger partial charge >= 0.3 is 0 Å². The van der Waals surface area contributed by atoms with Crippen LogP contribution in [0.15, 0.2) is 36.5 Å². The highest BCUT2D eigenvalue weighted by molar-refractivity contribution is 6.03. The average Bonchev–Trinajstić information content (AvgIpc) is 3.31. The number of nitrogens with zero attached hydrogens (tertiary/aromatic N) is 2. The molecule has 0 aliphatic heterocycles. The number of rotatable bonds is 4. The lowest BCUT2D eigenvalue weighted by atomic mass is 9.86. The zero-order valence-corrected chi connectivity index (χ0v) is 13.8. The van der Waals surface area contributed by atoms with E-state index in [2.05, 4.69) is 41.4 Å². The van der Waals surface area contributed by atoms with Crippen LogP contribution in [-0.4, -0.2) is 21.9 Å². The second kappa shape index (κ2) is 5.99. The number of para-hydroxylation sites is 1. The largest absolute Gasteiger partial charge is 0.351 e. The second-order valence-corrected chi connectivity index (χ2v) is 6.93. The van der Waals surface area contributed by atoms with E-state index in [1.807, 2.05) is 24.3 Å². The summed E-state index contributed by atoms with van der Waals surface area (Å²) in [6, 6.07) is 9.95. The number of hydrogen-bond acceptors (Lipinski definition) is 4. The van der Waals surface area contributed by atoms with Crippen molar-refractivity contribution in [3.63, 3.8) is 0 Å². The summed E-state index contributed by atoms with van der Waals surface area (Å²) in [7, 11) is 0. The summed E-state index contributed by atoms with van der Waals surface area (Å²) in [6.45, 7) is 6.38. The van der Waals surface area contributed by atoms with E-state index in [0.29, 0.717) is 17.7 Å². The van der Waals surface area contributed by atoms with Crippen LogP contribution >= 0.6 is 0 Å². The quantitative estimate of drug-likeness (QED) is 0.905. The van der Waals surface area contributed by atoms with E-state index >= 15 is 0 Å². The molecule has 0 atom stereocenters. The third-order valence-corrected chi connectivity index (χ3v) is 3.78. The fourth-order valence-corrected chi connectivity index (χ4v) is 2.40. The predicted molar refractivity (Wildman–Crippen MR) is 91.8 cm³/mol. The molecule has 1 fully saturated rings. The average molecular weight is 310 g/mol. The Labute approximate surface area is 136 Å². The molecule has 1 aromatic carbocycles. The van der Waals surface area contributed by atoms with Gasteiger partial charge in [-0.05, 0) is 36.0 Å². The standard InChI is InChI=1S/C18H22N4O/c1-18(2,3)13-6-4-5-7-14(13)21-16(23)15-10-11-19-17(22-15)20-12-8-9-12/h4-7,10-12H,8-9H2,1-3H3,(H,21,23)(H,19,20,22). The monoisotopic (exact) mass is 310 g/mol. The van der Waals surface area contributed by atoms with Crippen LogP contribution in [0, 0.1) is 0 Å². The molecule has 0 unspecified atom stereocenters. The van der Waals surface area contributed by atoms with Crippen molar-refractivity contribution in [2.24, 2.45) is 0 Å². The molecule has 120 valence electrons. The number of nitrogens with one attached hydrogen (secondary N) is 2. The molecule has 1 aliphatic rings. The molecule has 1 saturated carbocycles. The molecule has 23 heavy (non-hydrogen) atoms. The van der Waals surface area contributed by atoms with Crippen molar-refractivity contribution in [2.45, 2.75) is 45.1 Å². The van der Waals surface area contributed by atoms with Gasteiger partial charge in [0, 0.05) is 17.9 Å². The predicted octanol–water partition coefficient (Wildman–Crippen LogP) is 3.60. The van der Waals surface area contributed by atoms with E-state index in [0.717, 1.165) is 24.1 Å². The number of anilines is 2. The van der Waals surface area contributed by atoms with E-state index in [-0.39, 0.29) is 11.3 Å². The number of amides is 1. The first-order valence-corrected chi connectivity index (χ1v) is 7.94. The van der Waals surface area contributed by atoms with Crippen molar-refractivity contribution < 1.29 is 4.79 Å². The van der Waals surface area contributed by atoms with Gasteiger partial charge in [-0.3, -0.25) is 4.79 Å². The van der Waals surface area contributed by atoms with Crippen LogP contribution in [0.3, 0.4) is 0 Å². The second-order valence-electron chi connectivity index (χ2n) is 6.93. The molecule has 2 aromatic rings. The highest BCUT2D eigenvalue weighted by Gasteiger charge is 2.23. The van der Waals surface area contributed by atoms with Crippen molar-refractivity contribution in [1.82, 2.24) is 9.97 Å². The lowest BCUT2D eigenvalue weighted by Gasteiger charge is -2.22. The van der Waals surface area contributed by atoms with Crippen LogP contribution in [0.5, 0.6) is 0 Å². The minimum Gasteiger partial charge on any atom is -0.351 e. The molecule has 5 nitrogen and oxygen atoms in total. The minimum absolute atomic E-state index is 0.0474. The highest BCUT2D eigenvalue weighted by atomic mass is 16.1. The Hall–Kier alpha value is -2.43. The van der Waals surface area contributed by atoms with Crippen LogP contribution in [0.4, 0.5) is 11.6 Å². The zero-order chi connectivity index (χ0) is 16.4. The van der Waals surface area contributed by atoms with Gasteiger partial charge in [-0.25, -0.2) is 9.97 Å². The molecule has 1 aromatic heterocycles. The SMILES string of the molecule is CC(C)(C)c1ccccc1NC(=O)c1ccnc(NC2CC2)n1. The van der Waals surface area contributed by atoms with Gasteiger partial charge in [-0.15, -0.1) is 0 Å². The normalized spacial score (nSPS) is 14.4. The molecule has 5 heteroatoms. The van der Waals surface area contributed by atoms with Gasteiger partial charge in [0.2, 0.25) is 5.95 Å². The Balaban J connectivity index is 1.79. The van der Waals surface area contributed by atoms with Crippen molar-refractivity contribution in [2.75, 3.05) is 10.6 Å². The Morgan fingerprint density at radius 3 is 2.61 bits per heavy atom. The summed E-state index contributed by atoms with van der Waals surface area (Å²) in [4.78, 5) is 21.0. The molecule has 0 saturated heterocycles. The molecule has 1 aliphatic carbocycles. The van der Waals surface area contributed by atoms with Crippen LogP contribution < -0.4 is 10.6 Å². The van der Waals surface area contributed by atoms with Gasteiger partial charge in [0.05, 0.1) is 0 Å². The number of hydrogen-bond donors (Lipinski definition) is 2. The summed E-state index contributed by atoms with van der Waals surface area (Å²) >= 11 is 0. The summed E-state index contributed by atoms with van der Waals surface area (Å²) in [6.07, 6.45) is 3.89. The third kappa shape index (κ3) is 3.86. The van der Waals surface area contributed by atoms with Crippen molar-refractivity contribution >= 4 is 17.5 Å². The topological polar surface area (TPSA) is 66.9 Å². The van der Waals surface area contributed by atoms with Crippen LogP contribution in [0.25, 0.3) is 0 Å². The highest BCUT2D eigenvalue weighted by Crippen LogP contribution is 2.29. The summed E-state index contributed by atoms with van der Waals surface area (Å²) < 4.78 is 0. The Morgan fingerprint density at radius 2 is 1.91 bits per heavy atom. The van der Waals surface area contributed by atoms with Crippen LogP contribution in [0.1, 0.15) is 49.7 Å². The minimum atomic E-state index is -0.219. The van der Waals surface area contributed by atoms with E-state index in [1.165, 1.54) is 0 Å². The first-order valence-electron chi connectivity index (χ1n) is 7.94. The van der Waals surface area contributed by atoms with Crippen molar-refractivity contribution in [3.05, 3.63) is 47.8 Å². The summed E-state index contributed by atoms with van der Waals surface area (Å²) in [5.74, 6) is 0.298. The lowest BCUT2D eigenvalue weighted by Crippen LogP contribution is -2.20. The van der Waals surface area contributed by atoms with Gasteiger partial charge in [0.15, 0.2) is 0 Å². The molecule has 3 rings (SSSR count). The Morgan fingerprint density at radius 1 is 1.17 bits per heavy atom. The maximum atomic E-state index is 12.5. The number of carbonyl (C=O) groups is 1. The van der Waals surface area contributed by atoms with Gasteiger partial charge in [-0.1, -0.05) is 39.0 Å². The first-order chi connectivity index (χ1) is 10.9. The Bertz CT molecular complexity index is 717. The fraction of sp³-hybridized carbons (Fsp3) is 0.389. The molecule has 1 amide bonds. The number of aromatic nitrogens is 2. The van der Waals surface area contributed by atoms with E-state index in [1.54, 1.807) is 12.3 Å². The number of benzene rings is 1. The maximum absolute atomic E-state index is 12.5. The van der Waals surface area contributed by atoms with Gasteiger partial charge in [0.1, 0.15) is 5.69 Å². The molecule has 0 bridgehead atoms. The van der Waals surface area contributed by atoms with E-state index < -0.39 is 0 Å². The molecular weight excluding hydrogens is 288 g/mol. The lowest BCUT2D eigenvalue weighted by molar-refractivity contribution is 0.102. The maximum Gasteiger partial charge on any atom is 0.274 e. The van der Waals surface area contributed by atoms with Crippen molar-refractivity contribution in [1.29, 1.82) is 0 Å². The molecule has 1 heterocycles.